The fourth-order valence-electron chi connectivity index (χ4n) is 2.42. The molecule has 0 fully saturated rings. The van der Waals surface area contributed by atoms with Gasteiger partial charge in [0.2, 0.25) is 0 Å². The molecule has 3 aromatic rings. The predicted molar refractivity (Wildman–Crippen MR) is 93.3 cm³/mol. The van der Waals surface area contributed by atoms with E-state index in [9.17, 15) is 8.78 Å². The van der Waals surface area contributed by atoms with E-state index in [4.69, 9.17) is 11.6 Å². The number of nitrogens with zero attached hydrogens (tertiary/aromatic N) is 4. The van der Waals surface area contributed by atoms with E-state index in [1.165, 1.54) is 6.07 Å². The van der Waals surface area contributed by atoms with Crippen LogP contribution in [-0.2, 0) is 13.0 Å². The van der Waals surface area contributed by atoms with E-state index in [0.717, 1.165) is 6.92 Å². The molecule has 0 aliphatic heterocycles. The Morgan fingerprint density at radius 3 is 2.64 bits per heavy atom. The number of aryl methyl sites for hydroxylation is 2. The molecule has 3 rings (SSSR count). The molecule has 5 nitrogen and oxygen atoms in total. The molecule has 0 aromatic carbocycles. The van der Waals surface area contributed by atoms with Crippen molar-refractivity contribution in [1.82, 2.24) is 19.7 Å². The smallest absolute Gasteiger partial charge is 0.287 e. The summed E-state index contributed by atoms with van der Waals surface area (Å²) in [5.41, 5.74) is 2.71. The fraction of sp³-hybridized carbons (Fsp3) is 0.235. The number of rotatable bonds is 4. The van der Waals surface area contributed by atoms with Gasteiger partial charge in [-0.1, -0.05) is 11.6 Å². The van der Waals surface area contributed by atoms with Gasteiger partial charge in [-0.25, -0.2) is 4.98 Å². The molecule has 0 saturated carbocycles. The van der Waals surface area contributed by atoms with Crippen molar-refractivity contribution in [2.45, 2.75) is 19.8 Å². The number of hydrogen-bond donors (Lipinski definition) is 1. The standard InChI is InChI=1S/C17H16ClF2N5/c1-10-6-11(7-15(22-10)17(2,19)20)23-14-8-16(18)21-9-12(14)13-4-5-25(3)24-13/h4-9H,1-3H3,(H,21,22,23). The number of anilines is 2. The van der Waals surface area contributed by atoms with E-state index in [-0.39, 0.29) is 10.8 Å². The first-order chi connectivity index (χ1) is 11.7. The van der Waals surface area contributed by atoms with Crippen molar-refractivity contribution in [2.24, 2.45) is 7.05 Å². The minimum absolute atomic E-state index is 0.286. The van der Waals surface area contributed by atoms with Crippen LogP contribution in [0.15, 0.2) is 36.7 Å². The van der Waals surface area contributed by atoms with Gasteiger partial charge in [-0.3, -0.25) is 9.67 Å². The van der Waals surface area contributed by atoms with Crippen LogP contribution in [0.3, 0.4) is 0 Å². The van der Waals surface area contributed by atoms with Crippen molar-refractivity contribution in [3.8, 4) is 11.3 Å². The summed E-state index contributed by atoms with van der Waals surface area (Å²) in [6.45, 7) is 2.49. The zero-order chi connectivity index (χ0) is 18.2. The van der Waals surface area contributed by atoms with Crippen LogP contribution in [0.5, 0.6) is 0 Å². The highest BCUT2D eigenvalue weighted by Crippen LogP contribution is 2.33. The third kappa shape index (κ3) is 3.93. The number of pyridine rings is 2. The Morgan fingerprint density at radius 2 is 2.00 bits per heavy atom. The Balaban J connectivity index is 2.04. The minimum atomic E-state index is -3.03. The lowest BCUT2D eigenvalue weighted by atomic mass is 10.1. The maximum atomic E-state index is 13.6. The predicted octanol–water partition coefficient (Wildman–Crippen LogP) is 4.69. The summed E-state index contributed by atoms with van der Waals surface area (Å²) < 4.78 is 28.9. The lowest BCUT2D eigenvalue weighted by Gasteiger charge is -2.15. The molecule has 0 aliphatic carbocycles. The summed E-state index contributed by atoms with van der Waals surface area (Å²) in [6.07, 6.45) is 3.40. The lowest BCUT2D eigenvalue weighted by Crippen LogP contribution is -2.11. The van der Waals surface area contributed by atoms with Crippen molar-refractivity contribution < 1.29 is 8.78 Å². The summed E-state index contributed by atoms with van der Waals surface area (Å²) >= 11 is 6.00. The highest BCUT2D eigenvalue weighted by molar-refractivity contribution is 6.29. The maximum Gasteiger partial charge on any atom is 0.287 e. The van der Waals surface area contributed by atoms with Crippen LogP contribution in [0.4, 0.5) is 20.2 Å². The quantitative estimate of drug-likeness (QED) is 0.683. The zero-order valence-corrected chi connectivity index (χ0v) is 14.6. The molecule has 0 unspecified atom stereocenters. The van der Waals surface area contributed by atoms with Gasteiger partial charge in [-0.05, 0) is 31.2 Å². The van der Waals surface area contributed by atoms with Crippen LogP contribution >= 0.6 is 11.6 Å². The Labute approximate surface area is 148 Å². The topological polar surface area (TPSA) is 55.6 Å². The van der Waals surface area contributed by atoms with Gasteiger partial charge in [-0.15, -0.1) is 0 Å². The van der Waals surface area contributed by atoms with E-state index < -0.39 is 5.92 Å². The second kappa shape index (κ2) is 6.40. The van der Waals surface area contributed by atoms with Crippen LogP contribution in [-0.4, -0.2) is 19.7 Å². The summed E-state index contributed by atoms with van der Waals surface area (Å²) in [6, 6.07) is 6.47. The van der Waals surface area contributed by atoms with E-state index in [0.29, 0.717) is 28.3 Å². The van der Waals surface area contributed by atoms with Crippen LogP contribution in [0, 0.1) is 6.92 Å². The normalized spacial score (nSPS) is 11.6. The Bertz CT molecular complexity index is 918. The third-order valence-electron chi connectivity index (χ3n) is 3.54. The van der Waals surface area contributed by atoms with Crippen molar-refractivity contribution in [3.05, 3.63) is 53.2 Å². The second-order valence-corrected chi connectivity index (χ2v) is 6.21. The number of aromatic nitrogens is 4. The molecule has 0 radical (unpaired) electrons. The van der Waals surface area contributed by atoms with Gasteiger partial charge in [0.25, 0.3) is 5.92 Å². The highest BCUT2D eigenvalue weighted by atomic mass is 35.5. The first-order valence-electron chi connectivity index (χ1n) is 7.52. The molecule has 0 spiro atoms. The van der Waals surface area contributed by atoms with Crippen LogP contribution < -0.4 is 5.32 Å². The van der Waals surface area contributed by atoms with Crippen molar-refractivity contribution >= 4 is 23.0 Å². The first kappa shape index (κ1) is 17.3. The van der Waals surface area contributed by atoms with E-state index in [1.54, 1.807) is 36.1 Å². The Hall–Kier alpha value is -2.54. The molecule has 0 saturated heterocycles. The molecule has 8 heteroatoms. The molecule has 0 aliphatic rings. The summed E-state index contributed by atoms with van der Waals surface area (Å²) in [7, 11) is 1.81. The molecular weight excluding hydrogens is 348 g/mol. The third-order valence-corrected chi connectivity index (χ3v) is 3.75. The number of alkyl halides is 2. The molecule has 130 valence electrons. The van der Waals surface area contributed by atoms with Gasteiger partial charge in [0, 0.05) is 43.3 Å². The van der Waals surface area contributed by atoms with Gasteiger partial charge in [-0.2, -0.15) is 13.9 Å². The average Bonchev–Trinajstić information content (AvgIpc) is 2.92. The summed E-state index contributed by atoms with van der Waals surface area (Å²) in [5.74, 6) is -3.03. The largest absolute Gasteiger partial charge is 0.355 e. The van der Waals surface area contributed by atoms with Crippen LogP contribution in [0.25, 0.3) is 11.3 Å². The van der Waals surface area contributed by atoms with Crippen molar-refractivity contribution in [2.75, 3.05) is 5.32 Å². The fourth-order valence-corrected chi connectivity index (χ4v) is 2.58. The highest BCUT2D eigenvalue weighted by Gasteiger charge is 2.27. The van der Waals surface area contributed by atoms with Gasteiger partial charge < -0.3 is 5.32 Å². The molecule has 25 heavy (non-hydrogen) atoms. The lowest BCUT2D eigenvalue weighted by molar-refractivity contribution is 0.0127. The Kier molecular flexibility index (Phi) is 4.43. The summed E-state index contributed by atoms with van der Waals surface area (Å²) in [5, 5.41) is 7.76. The second-order valence-electron chi connectivity index (χ2n) is 5.82. The summed E-state index contributed by atoms with van der Waals surface area (Å²) in [4.78, 5) is 7.99. The van der Waals surface area contributed by atoms with Gasteiger partial charge in [0.05, 0.1) is 11.4 Å². The average molecular weight is 364 g/mol. The van der Waals surface area contributed by atoms with E-state index in [1.807, 2.05) is 13.1 Å². The van der Waals surface area contributed by atoms with Gasteiger partial charge in [0.1, 0.15) is 10.8 Å². The van der Waals surface area contributed by atoms with Gasteiger partial charge in [0.15, 0.2) is 0 Å². The van der Waals surface area contributed by atoms with E-state index >= 15 is 0 Å². The molecule has 0 amide bonds. The Morgan fingerprint density at radius 1 is 1.24 bits per heavy atom. The monoisotopic (exact) mass is 363 g/mol. The number of nitrogens with one attached hydrogen (secondary N) is 1. The van der Waals surface area contributed by atoms with Crippen LogP contribution in [0.1, 0.15) is 18.3 Å². The molecule has 1 N–H and O–H groups in total. The molecule has 0 atom stereocenters. The molecule has 0 bridgehead atoms. The molecule has 3 aromatic heterocycles. The number of halogens is 3. The van der Waals surface area contributed by atoms with Gasteiger partial charge >= 0.3 is 0 Å². The molecule has 3 heterocycles. The zero-order valence-electron chi connectivity index (χ0n) is 13.9. The number of hydrogen-bond acceptors (Lipinski definition) is 4. The van der Waals surface area contributed by atoms with E-state index in [2.05, 4.69) is 20.4 Å². The first-order valence-corrected chi connectivity index (χ1v) is 7.90. The van der Waals surface area contributed by atoms with Crippen molar-refractivity contribution in [1.29, 1.82) is 0 Å². The maximum absolute atomic E-state index is 13.6. The van der Waals surface area contributed by atoms with Crippen molar-refractivity contribution in [3.63, 3.8) is 0 Å². The minimum Gasteiger partial charge on any atom is -0.355 e. The molecular formula is C17H16ClF2N5. The SMILES string of the molecule is Cc1cc(Nc2cc(Cl)ncc2-c2ccn(C)n2)cc(C(C)(F)F)n1. The van der Waals surface area contributed by atoms with Crippen LogP contribution in [0.2, 0.25) is 5.15 Å².